The van der Waals surface area contributed by atoms with E-state index >= 15 is 0 Å². The van der Waals surface area contributed by atoms with E-state index in [4.69, 9.17) is 5.26 Å². The van der Waals surface area contributed by atoms with E-state index in [1.165, 1.54) is 31.2 Å². The number of hydrogen-bond acceptors (Lipinski definition) is 3. The van der Waals surface area contributed by atoms with Crippen molar-refractivity contribution in [3.8, 4) is 6.07 Å². The van der Waals surface area contributed by atoms with E-state index in [1.54, 1.807) is 0 Å². The third-order valence-electron chi connectivity index (χ3n) is 4.05. The number of nitrogens with one attached hydrogen (secondary N) is 1. The van der Waals surface area contributed by atoms with Crippen LogP contribution < -0.4 is 5.32 Å². The standard InChI is InChI=1S/C18H29N3/c1-4-5-6-10-14-20-18(16(2)21(3)15-13-19)17-11-8-7-9-12-17/h7-9,11-12,16,18,20H,4-6,10,14-15H2,1-3H3/t16-,18-/m0/s1. The van der Waals surface area contributed by atoms with Crippen LogP contribution >= 0.6 is 0 Å². The van der Waals surface area contributed by atoms with Crippen molar-refractivity contribution in [2.45, 2.75) is 51.6 Å². The molecule has 0 aliphatic rings. The summed E-state index contributed by atoms with van der Waals surface area (Å²) < 4.78 is 0. The molecule has 3 nitrogen and oxygen atoms in total. The fourth-order valence-electron chi connectivity index (χ4n) is 2.55. The molecule has 0 saturated carbocycles. The van der Waals surface area contributed by atoms with Gasteiger partial charge in [-0.25, -0.2) is 0 Å². The zero-order chi connectivity index (χ0) is 15.5. The second-order valence-electron chi connectivity index (χ2n) is 5.72. The molecule has 1 N–H and O–H groups in total. The van der Waals surface area contributed by atoms with Crippen molar-refractivity contribution in [3.05, 3.63) is 35.9 Å². The van der Waals surface area contributed by atoms with Crippen LogP contribution in [0.2, 0.25) is 0 Å². The molecule has 2 atom stereocenters. The van der Waals surface area contributed by atoms with Gasteiger partial charge in [-0.1, -0.05) is 56.5 Å². The number of hydrogen-bond donors (Lipinski definition) is 1. The van der Waals surface area contributed by atoms with Gasteiger partial charge in [-0.05, 0) is 32.5 Å². The maximum atomic E-state index is 8.90. The first-order valence-corrected chi connectivity index (χ1v) is 8.06. The Morgan fingerprint density at radius 1 is 1.19 bits per heavy atom. The summed E-state index contributed by atoms with van der Waals surface area (Å²) in [7, 11) is 2.02. The molecule has 0 spiro atoms. The third kappa shape index (κ3) is 6.29. The Morgan fingerprint density at radius 3 is 2.52 bits per heavy atom. The van der Waals surface area contributed by atoms with Gasteiger partial charge in [0.15, 0.2) is 0 Å². The number of nitrogens with zero attached hydrogens (tertiary/aromatic N) is 2. The zero-order valence-corrected chi connectivity index (χ0v) is 13.7. The van der Waals surface area contributed by atoms with Crippen molar-refractivity contribution in [1.29, 1.82) is 5.26 Å². The fraction of sp³-hybridized carbons (Fsp3) is 0.611. The minimum atomic E-state index is 0.270. The minimum Gasteiger partial charge on any atom is -0.309 e. The molecule has 0 aliphatic carbocycles. The number of likely N-dealkylation sites (N-methyl/N-ethyl adjacent to an activating group) is 1. The first kappa shape index (κ1) is 17.7. The number of rotatable bonds is 10. The molecule has 0 saturated heterocycles. The highest BCUT2D eigenvalue weighted by Crippen LogP contribution is 2.20. The molecule has 0 bridgehead atoms. The predicted molar refractivity (Wildman–Crippen MR) is 89.0 cm³/mol. The molecular formula is C18H29N3. The Morgan fingerprint density at radius 2 is 1.90 bits per heavy atom. The summed E-state index contributed by atoms with van der Waals surface area (Å²) >= 11 is 0. The maximum absolute atomic E-state index is 8.90. The summed E-state index contributed by atoms with van der Waals surface area (Å²) in [5.74, 6) is 0. The summed E-state index contributed by atoms with van der Waals surface area (Å²) in [6.07, 6.45) is 5.07. The smallest absolute Gasteiger partial charge is 0.0866 e. The van der Waals surface area contributed by atoms with Gasteiger partial charge in [0.05, 0.1) is 12.6 Å². The van der Waals surface area contributed by atoms with Gasteiger partial charge in [0.1, 0.15) is 0 Å². The topological polar surface area (TPSA) is 39.1 Å². The van der Waals surface area contributed by atoms with Crippen molar-refractivity contribution in [3.63, 3.8) is 0 Å². The summed E-state index contributed by atoms with van der Waals surface area (Å²) in [4.78, 5) is 2.11. The monoisotopic (exact) mass is 287 g/mol. The largest absolute Gasteiger partial charge is 0.309 e. The lowest BCUT2D eigenvalue weighted by Crippen LogP contribution is -2.41. The van der Waals surface area contributed by atoms with Crippen LogP contribution in [0.15, 0.2) is 30.3 Å². The quantitative estimate of drug-likeness (QED) is 0.526. The lowest BCUT2D eigenvalue weighted by atomic mass is 9.99. The van der Waals surface area contributed by atoms with Crippen LogP contribution in [-0.2, 0) is 0 Å². The molecule has 1 aromatic rings. The van der Waals surface area contributed by atoms with E-state index in [-0.39, 0.29) is 6.04 Å². The van der Waals surface area contributed by atoms with E-state index in [0.717, 1.165) is 6.54 Å². The third-order valence-corrected chi connectivity index (χ3v) is 4.05. The van der Waals surface area contributed by atoms with Crippen molar-refractivity contribution < 1.29 is 0 Å². The van der Waals surface area contributed by atoms with Crippen molar-refractivity contribution in [1.82, 2.24) is 10.2 Å². The van der Waals surface area contributed by atoms with Crippen LogP contribution in [0, 0.1) is 11.3 Å². The van der Waals surface area contributed by atoms with E-state index < -0.39 is 0 Å². The highest BCUT2D eigenvalue weighted by molar-refractivity contribution is 5.20. The van der Waals surface area contributed by atoms with Gasteiger partial charge < -0.3 is 5.32 Å². The molecule has 0 aromatic heterocycles. The maximum Gasteiger partial charge on any atom is 0.0866 e. The molecule has 116 valence electrons. The average molecular weight is 287 g/mol. The summed E-state index contributed by atoms with van der Waals surface area (Å²) in [5.41, 5.74) is 1.30. The molecule has 0 amide bonds. The van der Waals surface area contributed by atoms with E-state index in [1.807, 2.05) is 13.1 Å². The average Bonchev–Trinajstić information content (AvgIpc) is 2.51. The molecular weight excluding hydrogens is 258 g/mol. The minimum absolute atomic E-state index is 0.270. The predicted octanol–water partition coefficient (Wildman–Crippen LogP) is 3.74. The highest BCUT2D eigenvalue weighted by atomic mass is 15.2. The Bertz CT molecular complexity index is 410. The van der Waals surface area contributed by atoms with Gasteiger partial charge >= 0.3 is 0 Å². The Kier molecular flexibility index (Phi) is 8.73. The second-order valence-corrected chi connectivity index (χ2v) is 5.72. The number of unbranched alkanes of at least 4 members (excludes halogenated alkanes) is 3. The SMILES string of the molecule is CCCCCCN[C@H](c1ccccc1)[C@H](C)N(C)CC#N. The molecule has 0 radical (unpaired) electrons. The van der Waals surface area contributed by atoms with Crippen LogP contribution in [-0.4, -0.2) is 31.1 Å². The Hall–Kier alpha value is -1.37. The van der Waals surface area contributed by atoms with E-state index in [9.17, 15) is 0 Å². The molecule has 0 fully saturated rings. The molecule has 0 aliphatic heterocycles. The second kappa shape index (κ2) is 10.4. The fourth-order valence-corrected chi connectivity index (χ4v) is 2.55. The summed E-state index contributed by atoms with van der Waals surface area (Å²) in [6, 6.07) is 13.3. The van der Waals surface area contributed by atoms with Crippen LogP contribution in [0.1, 0.15) is 51.1 Å². The molecule has 0 heterocycles. The molecule has 1 rings (SSSR count). The highest BCUT2D eigenvalue weighted by Gasteiger charge is 2.21. The van der Waals surface area contributed by atoms with Gasteiger partial charge in [-0.15, -0.1) is 0 Å². The molecule has 0 unspecified atom stereocenters. The first-order valence-electron chi connectivity index (χ1n) is 8.06. The Balaban J connectivity index is 2.65. The lowest BCUT2D eigenvalue weighted by Gasteiger charge is -2.31. The van der Waals surface area contributed by atoms with Gasteiger partial charge in [-0.3, -0.25) is 4.90 Å². The molecule has 21 heavy (non-hydrogen) atoms. The molecule has 3 heteroatoms. The van der Waals surface area contributed by atoms with Gasteiger partial charge in [0, 0.05) is 12.1 Å². The Labute approximate surface area is 130 Å². The summed E-state index contributed by atoms with van der Waals surface area (Å²) in [5, 5.41) is 12.6. The lowest BCUT2D eigenvalue weighted by molar-refractivity contribution is 0.227. The van der Waals surface area contributed by atoms with Gasteiger partial charge in [0.2, 0.25) is 0 Å². The van der Waals surface area contributed by atoms with Gasteiger partial charge in [-0.2, -0.15) is 5.26 Å². The van der Waals surface area contributed by atoms with E-state index in [0.29, 0.717) is 12.6 Å². The first-order chi connectivity index (χ1) is 10.2. The van der Waals surface area contributed by atoms with Crippen molar-refractivity contribution in [2.75, 3.05) is 20.1 Å². The van der Waals surface area contributed by atoms with Crippen LogP contribution in [0.5, 0.6) is 0 Å². The number of benzene rings is 1. The van der Waals surface area contributed by atoms with E-state index in [2.05, 4.69) is 54.4 Å². The van der Waals surface area contributed by atoms with Crippen LogP contribution in [0.3, 0.4) is 0 Å². The normalized spacial score (nSPS) is 13.9. The van der Waals surface area contributed by atoms with Gasteiger partial charge in [0.25, 0.3) is 0 Å². The van der Waals surface area contributed by atoms with Crippen molar-refractivity contribution >= 4 is 0 Å². The van der Waals surface area contributed by atoms with Crippen LogP contribution in [0.25, 0.3) is 0 Å². The zero-order valence-electron chi connectivity index (χ0n) is 13.7. The summed E-state index contributed by atoms with van der Waals surface area (Å²) in [6.45, 7) is 5.92. The number of nitriles is 1. The molecule has 1 aromatic carbocycles. The van der Waals surface area contributed by atoms with Crippen LogP contribution in [0.4, 0.5) is 0 Å². The van der Waals surface area contributed by atoms with Crippen molar-refractivity contribution in [2.24, 2.45) is 0 Å².